The topological polar surface area (TPSA) is 49.6 Å². The fourth-order valence-electron chi connectivity index (χ4n) is 4.05. The second kappa shape index (κ2) is 11.0. The maximum absolute atomic E-state index is 12.5. The van der Waals surface area contributed by atoms with Crippen LogP contribution in [0.15, 0.2) is 60.7 Å². The molecule has 2 aromatic rings. The number of hydrogen-bond acceptors (Lipinski definition) is 3. The summed E-state index contributed by atoms with van der Waals surface area (Å²) in [6.45, 7) is 4.20. The molecular weight excluding hydrogens is 346 g/mol. The van der Waals surface area contributed by atoms with Crippen LogP contribution in [0.1, 0.15) is 49.3 Å². The summed E-state index contributed by atoms with van der Waals surface area (Å²) in [4.78, 5) is 17.1. The summed E-state index contributed by atoms with van der Waals surface area (Å²) < 4.78 is 0. The van der Waals surface area contributed by atoms with Crippen LogP contribution in [0.2, 0.25) is 0 Å². The molecule has 2 aromatic carbocycles. The summed E-state index contributed by atoms with van der Waals surface area (Å²) in [6, 6.07) is 21.6. The Labute approximate surface area is 169 Å². The Hall–Kier alpha value is -2.17. The summed E-state index contributed by atoms with van der Waals surface area (Å²) in [5.74, 6) is 0.309. The molecule has 0 spiro atoms. The molecule has 150 valence electrons. The van der Waals surface area contributed by atoms with Crippen LogP contribution in [-0.2, 0) is 4.79 Å². The number of unbranched alkanes of at least 4 members (excludes halogenated alkanes) is 3. The van der Waals surface area contributed by atoms with Crippen molar-refractivity contribution in [2.45, 2.75) is 38.1 Å². The quantitative estimate of drug-likeness (QED) is 0.674. The summed E-state index contributed by atoms with van der Waals surface area (Å²) in [5.41, 5.74) is 8.16. The number of piperazine rings is 1. The van der Waals surface area contributed by atoms with Crippen LogP contribution in [0.3, 0.4) is 0 Å². The molecule has 4 nitrogen and oxygen atoms in total. The van der Waals surface area contributed by atoms with Gasteiger partial charge in [0.1, 0.15) is 0 Å². The molecular formula is C24H33N3O. The largest absolute Gasteiger partial charge is 0.340 e. The molecule has 1 aliphatic rings. The first-order chi connectivity index (χ1) is 13.8. The standard InChI is InChI=1S/C24H33N3O/c25-16-10-2-1-9-15-23(28)26-17-19-27(20-18-26)24(21-11-5-3-6-12-21)22-13-7-4-8-14-22/h3-8,11-14,24H,1-2,9-10,15-20,25H2. The van der Waals surface area contributed by atoms with Gasteiger partial charge >= 0.3 is 0 Å². The van der Waals surface area contributed by atoms with E-state index in [9.17, 15) is 4.79 Å². The van der Waals surface area contributed by atoms with Crippen molar-refractivity contribution in [2.24, 2.45) is 5.73 Å². The van der Waals surface area contributed by atoms with E-state index in [1.165, 1.54) is 11.1 Å². The van der Waals surface area contributed by atoms with E-state index in [4.69, 9.17) is 5.73 Å². The average Bonchev–Trinajstić information content (AvgIpc) is 2.76. The van der Waals surface area contributed by atoms with Crippen molar-refractivity contribution in [3.63, 3.8) is 0 Å². The number of rotatable bonds is 9. The van der Waals surface area contributed by atoms with Gasteiger partial charge in [-0.05, 0) is 30.5 Å². The van der Waals surface area contributed by atoms with Gasteiger partial charge in [0.25, 0.3) is 0 Å². The van der Waals surface area contributed by atoms with E-state index in [-0.39, 0.29) is 6.04 Å². The Bertz CT molecular complexity index is 657. The number of amides is 1. The lowest BCUT2D eigenvalue weighted by molar-refractivity contribution is -0.133. The van der Waals surface area contributed by atoms with Gasteiger partial charge in [0.05, 0.1) is 6.04 Å². The van der Waals surface area contributed by atoms with Crippen LogP contribution in [0, 0.1) is 0 Å². The first-order valence-electron chi connectivity index (χ1n) is 10.6. The van der Waals surface area contributed by atoms with Crippen molar-refractivity contribution >= 4 is 5.91 Å². The van der Waals surface area contributed by atoms with Crippen LogP contribution < -0.4 is 5.73 Å². The molecule has 0 unspecified atom stereocenters. The SMILES string of the molecule is NCCCCCCC(=O)N1CCN(C(c2ccccc2)c2ccccc2)CC1. The highest BCUT2D eigenvalue weighted by Gasteiger charge is 2.27. The number of carbonyl (C=O) groups is 1. The molecule has 3 rings (SSSR count). The van der Waals surface area contributed by atoms with Crippen molar-refractivity contribution in [1.29, 1.82) is 0 Å². The molecule has 0 bridgehead atoms. The molecule has 1 amide bonds. The second-order valence-electron chi connectivity index (χ2n) is 7.59. The predicted octanol–water partition coefficient (Wildman–Crippen LogP) is 3.83. The Balaban J connectivity index is 1.58. The molecule has 0 radical (unpaired) electrons. The number of carbonyl (C=O) groups excluding carboxylic acids is 1. The lowest BCUT2D eigenvalue weighted by atomic mass is 9.96. The Kier molecular flexibility index (Phi) is 8.07. The first kappa shape index (κ1) is 20.6. The third kappa shape index (κ3) is 5.66. The minimum atomic E-state index is 0.246. The first-order valence-corrected chi connectivity index (χ1v) is 10.6. The normalized spacial score (nSPS) is 15.1. The molecule has 2 N–H and O–H groups in total. The van der Waals surface area contributed by atoms with Crippen molar-refractivity contribution < 1.29 is 4.79 Å². The highest BCUT2D eigenvalue weighted by molar-refractivity contribution is 5.76. The maximum atomic E-state index is 12.5. The average molecular weight is 380 g/mol. The molecule has 28 heavy (non-hydrogen) atoms. The molecule has 1 fully saturated rings. The van der Waals surface area contributed by atoms with Gasteiger partial charge in [0, 0.05) is 32.6 Å². The van der Waals surface area contributed by atoms with Gasteiger partial charge in [-0.2, -0.15) is 0 Å². The molecule has 0 saturated carbocycles. The van der Waals surface area contributed by atoms with E-state index in [1.807, 2.05) is 4.90 Å². The minimum Gasteiger partial charge on any atom is -0.340 e. The zero-order chi connectivity index (χ0) is 19.6. The van der Waals surface area contributed by atoms with E-state index in [2.05, 4.69) is 65.6 Å². The van der Waals surface area contributed by atoms with Gasteiger partial charge in [0.15, 0.2) is 0 Å². The summed E-state index contributed by atoms with van der Waals surface area (Å²) in [7, 11) is 0. The van der Waals surface area contributed by atoms with Crippen LogP contribution >= 0.6 is 0 Å². The smallest absolute Gasteiger partial charge is 0.222 e. The van der Waals surface area contributed by atoms with Gasteiger partial charge in [-0.25, -0.2) is 0 Å². The third-order valence-electron chi connectivity index (χ3n) is 5.61. The summed E-state index contributed by atoms with van der Waals surface area (Å²) >= 11 is 0. The minimum absolute atomic E-state index is 0.246. The van der Waals surface area contributed by atoms with Crippen molar-refractivity contribution in [3.8, 4) is 0 Å². The summed E-state index contributed by atoms with van der Waals surface area (Å²) in [6.07, 6.45) is 4.95. The van der Waals surface area contributed by atoms with E-state index < -0.39 is 0 Å². The zero-order valence-electron chi connectivity index (χ0n) is 16.8. The van der Waals surface area contributed by atoms with Gasteiger partial charge in [-0.15, -0.1) is 0 Å². The van der Waals surface area contributed by atoms with Gasteiger partial charge < -0.3 is 10.6 Å². The van der Waals surface area contributed by atoms with Crippen LogP contribution in [0.4, 0.5) is 0 Å². The Morgan fingerprint density at radius 2 is 1.32 bits per heavy atom. The van der Waals surface area contributed by atoms with Crippen molar-refractivity contribution in [3.05, 3.63) is 71.8 Å². The fraction of sp³-hybridized carbons (Fsp3) is 0.458. The fourth-order valence-corrected chi connectivity index (χ4v) is 4.05. The van der Waals surface area contributed by atoms with E-state index in [0.717, 1.165) is 58.4 Å². The Morgan fingerprint density at radius 1 is 0.786 bits per heavy atom. The van der Waals surface area contributed by atoms with Gasteiger partial charge in [0.2, 0.25) is 5.91 Å². The highest BCUT2D eigenvalue weighted by atomic mass is 16.2. The monoisotopic (exact) mass is 379 g/mol. The Morgan fingerprint density at radius 3 is 1.86 bits per heavy atom. The van der Waals surface area contributed by atoms with Crippen LogP contribution in [-0.4, -0.2) is 48.4 Å². The molecule has 1 aliphatic heterocycles. The molecule has 1 heterocycles. The van der Waals surface area contributed by atoms with Crippen LogP contribution in [0.25, 0.3) is 0 Å². The van der Waals surface area contributed by atoms with Gasteiger partial charge in [-0.3, -0.25) is 9.69 Å². The highest BCUT2D eigenvalue weighted by Crippen LogP contribution is 2.29. The van der Waals surface area contributed by atoms with Crippen LogP contribution in [0.5, 0.6) is 0 Å². The molecule has 1 saturated heterocycles. The summed E-state index contributed by atoms with van der Waals surface area (Å²) in [5, 5.41) is 0. The second-order valence-corrected chi connectivity index (χ2v) is 7.59. The van der Waals surface area contributed by atoms with Crippen molar-refractivity contribution in [2.75, 3.05) is 32.7 Å². The maximum Gasteiger partial charge on any atom is 0.222 e. The lowest BCUT2D eigenvalue weighted by Crippen LogP contribution is -2.49. The van der Waals surface area contributed by atoms with E-state index in [1.54, 1.807) is 0 Å². The zero-order valence-corrected chi connectivity index (χ0v) is 16.8. The predicted molar refractivity (Wildman–Crippen MR) is 115 cm³/mol. The van der Waals surface area contributed by atoms with Crippen molar-refractivity contribution in [1.82, 2.24) is 9.80 Å². The number of benzene rings is 2. The number of hydrogen-bond donors (Lipinski definition) is 1. The number of nitrogens with zero attached hydrogens (tertiary/aromatic N) is 2. The van der Waals surface area contributed by atoms with E-state index >= 15 is 0 Å². The third-order valence-corrected chi connectivity index (χ3v) is 5.61. The van der Waals surface area contributed by atoms with E-state index in [0.29, 0.717) is 12.3 Å². The lowest BCUT2D eigenvalue weighted by Gasteiger charge is -2.40. The van der Waals surface area contributed by atoms with Gasteiger partial charge in [-0.1, -0.05) is 73.5 Å². The molecule has 0 aromatic heterocycles. The molecule has 4 heteroatoms. The molecule has 0 aliphatic carbocycles. The number of nitrogens with two attached hydrogens (primary N) is 1. The molecule has 0 atom stereocenters.